The summed E-state index contributed by atoms with van der Waals surface area (Å²) in [5.41, 5.74) is 0. The van der Waals surface area contributed by atoms with E-state index in [0.29, 0.717) is 16.4 Å². The second kappa shape index (κ2) is 6.23. The van der Waals surface area contributed by atoms with E-state index < -0.39 is 38.3 Å². The summed E-state index contributed by atoms with van der Waals surface area (Å²) < 4.78 is 63.8. The topological polar surface area (TPSA) is 74.7 Å². The fourth-order valence-corrected chi connectivity index (χ4v) is 2.71. The van der Waals surface area contributed by atoms with E-state index in [-0.39, 0.29) is 19.4 Å². The van der Waals surface area contributed by atoms with Gasteiger partial charge in [-0.15, -0.1) is 0 Å². The van der Waals surface area contributed by atoms with E-state index in [1.165, 1.54) is 0 Å². The summed E-state index contributed by atoms with van der Waals surface area (Å²) in [5.74, 6) is -6.26. The molecule has 0 saturated heterocycles. The van der Waals surface area contributed by atoms with Crippen molar-refractivity contribution in [2.24, 2.45) is 0 Å². The number of hydrogen-bond acceptors (Lipinski definition) is 3. The first-order valence-electron chi connectivity index (χ1n) is 5.49. The summed E-state index contributed by atoms with van der Waals surface area (Å²) in [5, 5.41) is 8.44. The smallest absolute Gasteiger partial charge is 0.303 e. The number of sulfonamides is 1. The number of hydrogen-bond donors (Lipinski definition) is 1. The van der Waals surface area contributed by atoms with Gasteiger partial charge in [-0.25, -0.2) is 25.9 Å². The predicted octanol–water partition coefficient (Wildman–Crippen LogP) is 1.59. The Balaban J connectivity index is 2.99. The maximum absolute atomic E-state index is 13.5. The molecular formula is C11H12F3NO4S. The Hall–Kier alpha value is -1.61. The standard InChI is InChI=1S/C11H12F3NO4S/c1-15(6-2-3-9(16)17)20(18,19)8-5-4-7(12)10(13)11(8)14/h4-5H,2-3,6H2,1H3,(H,16,17). The zero-order valence-electron chi connectivity index (χ0n) is 10.4. The first-order chi connectivity index (χ1) is 9.17. The van der Waals surface area contributed by atoms with Crippen molar-refractivity contribution in [1.82, 2.24) is 4.31 Å². The van der Waals surface area contributed by atoms with Crippen LogP contribution in [0.2, 0.25) is 0 Å². The number of aliphatic carboxylic acids is 1. The normalized spacial score (nSPS) is 11.8. The minimum absolute atomic E-state index is 0.0103. The Morgan fingerprint density at radius 1 is 1.25 bits per heavy atom. The number of carboxylic acids is 1. The molecule has 0 heterocycles. The molecule has 0 bridgehead atoms. The molecule has 0 aliphatic heterocycles. The molecule has 0 aliphatic rings. The Bertz CT molecular complexity index is 618. The molecule has 1 aromatic rings. The van der Waals surface area contributed by atoms with E-state index in [0.717, 1.165) is 7.05 Å². The number of carboxylic acid groups (broad SMARTS) is 1. The van der Waals surface area contributed by atoms with Crippen LogP contribution in [-0.2, 0) is 14.8 Å². The SMILES string of the molecule is CN(CCCC(=O)O)S(=O)(=O)c1ccc(F)c(F)c1F. The Labute approximate surface area is 113 Å². The number of halogens is 3. The van der Waals surface area contributed by atoms with Crippen LogP contribution in [-0.4, -0.2) is 37.4 Å². The summed E-state index contributed by atoms with van der Waals surface area (Å²) in [6.07, 6.45) is -0.253. The van der Waals surface area contributed by atoms with Gasteiger partial charge in [0.1, 0.15) is 4.90 Å². The Kier molecular flexibility index (Phi) is 5.12. The van der Waals surface area contributed by atoms with Crippen molar-refractivity contribution < 1.29 is 31.5 Å². The summed E-state index contributed by atoms with van der Waals surface area (Å²) in [6.45, 7) is -0.187. The van der Waals surface area contributed by atoms with Crippen molar-refractivity contribution in [3.8, 4) is 0 Å². The van der Waals surface area contributed by atoms with Gasteiger partial charge in [-0.05, 0) is 18.6 Å². The van der Waals surface area contributed by atoms with Crippen molar-refractivity contribution in [2.75, 3.05) is 13.6 Å². The third-order valence-corrected chi connectivity index (χ3v) is 4.43. The summed E-state index contributed by atoms with van der Waals surface area (Å²) in [7, 11) is -3.25. The number of benzene rings is 1. The van der Waals surface area contributed by atoms with Gasteiger partial charge in [-0.1, -0.05) is 0 Å². The molecule has 0 aliphatic carbocycles. The van der Waals surface area contributed by atoms with Gasteiger partial charge in [-0.3, -0.25) is 4.79 Å². The lowest BCUT2D eigenvalue weighted by Crippen LogP contribution is -2.29. The average Bonchev–Trinajstić information content (AvgIpc) is 2.35. The Morgan fingerprint density at radius 2 is 1.85 bits per heavy atom. The van der Waals surface area contributed by atoms with Crippen molar-refractivity contribution >= 4 is 16.0 Å². The highest BCUT2D eigenvalue weighted by molar-refractivity contribution is 7.89. The zero-order valence-corrected chi connectivity index (χ0v) is 11.3. The van der Waals surface area contributed by atoms with Crippen LogP contribution in [0.1, 0.15) is 12.8 Å². The van der Waals surface area contributed by atoms with E-state index >= 15 is 0 Å². The van der Waals surface area contributed by atoms with Gasteiger partial charge in [0.05, 0.1) is 0 Å². The van der Waals surface area contributed by atoms with Crippen LogP contribution in [0.3, 0.4) is 0 Å². The molecule has 112 valence electrons. The van der Waals surface area contributed by atoms with E-state index in [4.69, 9.17) is 5.11 Å². The summed E-state index contributed by atoms with van der Waals surface area (Å²) >= 11 is 0. The van der Waals surface area contributed by atoms with Gasteiger partial charge in [0.25, 0.3) is 0 Å². The number of nitrogens with zero attached hydrogens (tertiary/aromatic N) is 1. The molecule has 0 amide bonds. The van der Waals surface area contributed by atoms with Crippen LogP contribution in [0.4, 0.5) is 13.2 Å². The van der Waals surface area contributed by atoms with Gasteiger partial charge in [0.2, 0.25) is 10.0 Å². The molecule has 20 heavy (non-hydrogen) atoms. The third-order valence-electron chi connectivity index (χ3n) is 2.55. The van der Waals surface area contributed by atoms with Gasteiger partial charge in [0, 0.05) is 20.0 Å². The molecule has 0 spiro atoms. The maximum atomic E-state index is 13.5. The molecule has 0 radical (unpaired) electrons. The highest BCUT2D eigenvalue weighted by Crippen LogP contribution is 2.22. The Morgan fingerprint density at radius 3 is 2.40 bits per heavy atom. The van der Waals surface area contributed by atoms with Crippen LogP contribution in [0.5, 0.6) is 0 Å². The predicted molar refractivity (Wildman–Crippen MR) is 63.0 cm³/mol. The molecule has 0 aromatic heterocycles. The van der Waals surface area contributed by atoms with E-state index in [2.05, 4.69) is 0 Å². The van der Waals surface area contributed by atoms with E-state index in [1.54, 1.807) is 0 Å². The van der Waals surface area contributed by atoms with E-state index in [1.807, 2.05) is 0 Å². The number of carbonyl (C=O) groups is 1. The van der Waals surface area contributed by atoms with E-state index in [9.17, 15) is 26.4 Å². The second-order valence-electron chi connectivity index (χ2n) is 4.00. The van der Waals surface area contributed by atoms with Crippen LogP contribution in [0.15, 0.2) is 17.0 Å². The molecule has 1 aromatic carbocycles. The second-order valence-corrected chi connectivity index (χ2v) is 6.01. The van der Waals surface area contributed by atoms with Crippen LogP contribution >= 0.6 is 0 Å². The van der Waals surface area contributed by atoms with Crippen LogP contribution in [0.25, 0.3) is 0 Å². The molecule has 0 atom stereocenters. The lowest BCUT2D eigenvalue weighted by molar-refractivity contribution is -0.137. The first kappa shape index (κ1) is 16.4. The van der Waals surface area contributed by atoms with Crippen molar-refractivity contribution in [1.29, 1.82) is 0 Å². The summed E-state index contributed by atoms with van der Waals surface area (Å²) in [6, 6.07) is 1.13. The minimum atomic E-state index is -4.35. The molecule has 0 saturated carbocycles. The molecule has 0 fully saturated rings. The molecule has 1 N–H and O–H groups in total. The largest absolute Gasteiger partial charge is 0.481 e. The lowest BCUT2D eigenvalue weighted by Gasteiger charge is -2.17. The quantitative estimate of drug-likeness (QED) is 0.810. The third kappa shape index (κ3) is 3.48. The average molecular weight is 311 g/mol. The fourth-order valence-electron chi connectivity index (χ4n) is 1.45. The van der Waals surface area contributed by atoms with Crippen molar-refractivity contribution in [3.63, 3.8) is 0 Å². The van der Waals surface area contributed by atoms with Gasteiger partial charge < -0.3 is 5.11 Å². The van der Waals surface area contributed by atoms with Crippen LogP contribution < -0.4 is 0 Å². The highest BCUT2D eigenvalue weighted by Gasteiger charge is 2.27. The van der Waals surface area contributed by atoms with Crippen LogP contribution in [0, 0.1) is 17.5 Å². The molecule has 1 rings (SSSR count). The van der Waals surface area contributed by atoms with Gasteiger partial charge in [0.15, 0.2) is 17.5 Å². The maximum Gasteiger partial charge on any atom is 0.303 e. The molecular weight excluding hydrogens is 299 g/mol. The highest BCUT2D eigenvalue weighted by atomic mass is 32.2. The molecule has 5 nitrogen and oxygen atoms in total. The van der Waals surface area contributed by atoms with Gasteiger partial charge in [-0.2, -0.15) is 0 Å². The summed E-state index contributed by atoms with van der Waals surface area (Å²) in [4.78, 5) is 9.33. The minimum Gasteiger partial charge on any atom is -0.481 e. The zero-order chi connectivity index (χ0) is 15.5. The lowest BCUT2D eigenvalue weighted by atomic mass is 10.3. The van der Waals surface area contributed by atoms with Gasteiger partial charge >= 0.3 is 5.97 Å². The van der Waals surface area contributed by atoms with Crippen molar-refractivity contribution in [2.45, 2.75) is 17.7 Å². The molecule has 0 unspecified atom stereocenters. The first-order valence-corrected chi connectivity index (χ1v) is 6.93. The fraction of sp³-hybridized carbons (Fsp3) is 0.364. The number of rotatable bonds is 6. The monoisotopic (exact) mass is 311 g/mol. The van der Waals surface area contributed by atoms with Crippen molar-refractivity contribution in [3.05, 3.63) is 29.6 Å². The molecule has 9 heteroatoms.